The smallest absolute Gasteiger partial charge is 0.407 e. The van der Waals surface area contributed by atoms with E-state index in [1.54, 1.807) is 12.5 Å². The van der Waals surface area contributed by atoms with E-state index in [0.717, 1.165) is 40.8 Å². The zero-order valence-electron chi connectivity index (χ0n) is 17.2. The van der Waals surface area contributed by atoms with Gasteiger partial charge in [-0.3, -0.25) is 4.98 Å². The average Bonchev–Trinajstić information content (AvgIpc) is 3.07. The number of carbonyl (C=O) groups is 1. The number of carbonyl (C=O) groups excluding carboxylic acids is 1. The van der Waals surface area contributed by atoms with Gasteiger partial charge < -0.3 is 19.2 Å². The lowest BCUT2D eigenvalue weighted by molar-refractivity contribution is 0.0361. The molecule has 1 fully saturated rings. The molecule has 3 heterocycles. The van der Waals surface area contributed by atoms with Crippen molar-refractivity contribution < 1.29 is 14.3 Å². The molecule has 0 unspecified atom stereocenters. The Kier molecular flexibility index (Phi) is 4.90. The van der Waals surface area contributed by atoms with Crippen LogP contribution < -0.4 is 10.1 Å². The van der Waals surface area contributed by atoms with Crippen molar-refractivity contribution in [3.63, 3.8) is 0 Å². The van der Waals surface area contributed by atoms with Crippen LogP contribution in [0.15, 0.2) is 43.2 Å². The van der Waals surface area contributed by atoms with Gasteiger partial charge in [-0.1, -0.05) is 6.07 Å². The van der Waals surface area contributed by atoms with Gasteiger partial charge in [0.25, 0.3) is 0 Å². The molecule has 0 saturated heterocycles. The van der Waals surface area contributed by atoms with Gasteiger partial charge in [-0.15, -0.1) is 0 Å². The molecule has 7 heteroatoms. The first kappa shape index (κ1) is 19.2. The quantitative estimate of drug-likeness (QED) is 0.720. The fourth-order valence-electron chi connectivity index (χ4n) is 3.43. The summed E-state index contributed by atoms with van der Waals surface area (Å²) >= 11 is 0. The van der Waals surface area contributed by atoms with E-state index in [2.05, 4.69) is 21.4 Å². The molecule has 3 aromatic rings. The summed E-state index contributed by atoms with van der Waals surface area (Å²) in [5, 5.41) is 2.89. The first-order valence-electron chi connectivity index (χ1n) is 9.81. The number of aromatic nitrogens is 3. The highest BCUT2D eigenvalue weighted by molar-refractivity contribution is 5.70. The first-order chi connectivity index (χ1) is 13.8. The van der Waals surface area contributed by atoms with E-state index in [0.29, 0.717) is 0 Å². The van der Waals surface area contributed by atoms with Gasteiger partial charge in [-0.05, 0) is 33.8 Å². The SMILES string of the molecule is Cc1c(OC2CC(NC(=O)OC(C)(C)C)C2)cncc1-c1ccc2cncn2c1. The standard InChI is InChI=1S/C22H26N4O3/c1-14-19(15-5-6-17-9-24-13-26(17)12-15)10-23-11-20(14)28-18-7-16(8-18)25-21(27)29-22(2,3)4/h5-6,9-13,16,18H,7-8H2,1-4H3,(H,25,27). The van der Waals surface area contributed by atoms with Crippen LogP contribution in [-0.4, -0.2) is 38.2 Å². The van der Waals surface area contributed by atoms with Crippen molar-refractivity contribution in [2.24, 2.45) is 0 Å². The summed E-state index contributed by atoms with van der Waals surface area (Å²) in [6.45, 7) is 7.60. The van der Waals surface area contributed by atoms with Crippen molar-refractivity contribution in [3.05, 3.63) is 48.8 Å². The topological polar surface area (TPSA) is 77.8 Å². The number of fused-ring (bicyclic) bond motifs is 1. The normalized spacial score (nSPS) is 18.9. The predicted octanol–water partition coefficient (Wildman–Crippen LogP) is 4.14. The van der Waals surface area contributed by atoms with Gasteiger partial charge in [0.1, 0.15) is 17.5 Å². The lowest BCUT2D eigenvalue weighted by Crippen LogP contribution is -2.50. The predicted molar refractivity (Wildman–Crippen MR) is 110 cm³/mol. The third-order valence-electron chi connectivity index (χ3n) is 5.00. The minimum atomic E-state index is -0.493. The Labute approximate surface area is 170 Å². The molecule has 0 aliphatic heterocycles. The highest BCUT2D eigenvalue weighted by Gasteiger charge is 2.33. The fraction of sp³-hybridized carbons (Fsp3) is 0.409. The van der Waals surface area contributed by atoms with E-state index in [1.165, 1.54) is 0 Å². The first-order valence-corrected chi connectivity index (χ1v) is 9.81. The third kappa shape index (κ3) is 4.34. The molecule has 1 aliphatic carbocycles. The molecule has 7 nitrogen and oxygen atoms in total. The molecular weight excluding hydrogens is 368 g/mol. The molecule has 0 spiro atoms. The number of ether oxygens (including phenoxy) is 2. The van der Waals surface area contributed by atoms with Crippen molar-refractivity contribution >= 4 is 11.6 Å². The van der Waals surface area contributed by atoms with E-state index < -0.39 is 5.60 Å². The van der Waals surface area contributed by atoms with Crippen LogP contribution in [0.4, 0.5) is 4.79 Å². The van der Waals surface area contributed by atoms with Crippen LogP contribution in [0.5, 0.6) is 5.75 Å². The highest BCUT2D eigenvalue weighted by atomic mass is 16.6. The van der Waals surface area contributed by atoms with Gasteiger partial charge in [0.2, 0.25) is 0 Å². The maximum absolute atomic E-state index is 11.9. The Morgan fingerprint density at radius 2 is 1.97 bits per heavy atom. The van der Waals surface area contributed by atoms with Gasteiger partial charge in [-0.25, -0.2) is 9.78 Å². The van der Waals surface area contributed by atoms with Crippen LogP contribution >= 0.6 is 0 Å². The molecule has 1 saturated carbocycles. The number of pyridine rings is 2. The van der Waals surface area contributed by atoms with E-state index in [1.807, 2.05) is 56.8 Å². The molecule has 3 aromatic heterocycles. The van der Waals surface area contributed by atoms with E-state index in [9.17, 15) is 4.79 Å². The lowest BCUT2D eigenvalue weighted by atomic mass is 9.89. The van der Waals surface area contributed by atoms with Gasteiger partial charge >= 0.3 is 6.09 Å². The number of alkyl carbamates (subject to hydrolysis) is 1. The van der Waals surface area contributed by atoms with Crippen molar-refractivity contribution in [1.82, 2.24) is 19.7 Å². The Balaban J connectivity index is 1.39. The zero-order valence-corrected chi connectivity index (χ0v) is 17.2. The van der Waals surface area contributed by atoms with E-state index in [-0.39, 0.29) is 18.2 Å². The third-order valence-corrected chi connectivity index (χ3v) is 5.00. The van der Waals surface area contributed by atoms with Crippen LogP contribution in [0.3, 0.4) is 0 Å². The Bertz CT molecular complexity index is 1030. The van der Waals surface area contributed by atoms with Gasteiger partial charge in [0.05, 0.1) is 24.2 Å². The van der Waals surface area contributed by atoms with Crippen molar-refractivity contribution in [2.75, 3.05) is 0 Å². The maximum atomic E-state index is 11.9. The zero-order chi connectivity index (χ0) is 20.6. The second-order valence-corrected chi connectivity index (χ2v) is 8.51. The summed E-state index contributed by atoms with van der Waals surface area (Å²) in [5.41, 5.74) is 3.69. The summed E-state index contributed by atoms with van der Waals surface area (Å²) < 4.78 is 13.4. The number of amides is 1. The molecule has 1 aliphatic rings. The van der Waals surface area contributed by atoms with Crippen LogP contribution in [0, 0.1) is 6.92 Å². The van der Waals surface area contributed by atoms with Gasteiger partial charge in [0, 0.05) is 48.0 Å². The molecule has 0 radical (unpaired) electrons. The minimum absolute atomic E-state index is 0.0572. The van der Waals surface area contributed by atoms with E-state index >= 15 is 0 Å². The summed E-state index contributed by atoms with van der Waals surface area (Å²) in [4.78, 5) is 20.4. The van der Waals surface area contributed by atoms with Crippen LogP contribution in [0.1, 0.15) is 39.2 Å². The Morgan fingerprint density at radius 1 is 1.17 bits per heavy atom. The van der Waals surface area contributed by atoms with Gasteiger partial charge in [0.15, 0.2) is 0 Å². The van der Waals surface area contributed by atoms with Crippen molar-refractivity contribution in [3.8, 4) is 16.9 Å². The number of nitrogens with zero attached hydrogens (tertiary/aromatic N) is 3. The lowest BCUT2D eigenvalue weighted by Gasteiger charge is -2.36. The molecule has 0 atom stereocenters. The number of hydrogen-bond donors (Lipinski definition) is 1. The fourth-order valence-corrected chi connectivity index (χ4v) is 3.43. The summed E-state index contributed by atoms with van der Waals surface area (Å²) in [7, 11) is 0. The molecule has 0 bridgehead atoms. The molecule has 0 aromatic carbocycles. The minimum Gasteiger partial charge on any atom is -0.488 e. The van der Waals surface area contributed by atoms with Crippen molar-refractivity contribution in [2.45, 2.75) is 58.3 Å². The van der Waals surface area contributed by atoms with E-state index in [4.69, 9.17) is 9.47 Å². The van der Waals surface area contributed by atoms with Gasteiger partial charge in [-0.2, -0.15) is 0 Å². The number of nitrogens with one attached hydrogen (secondary N) is 1. The molecular formula is C22H26N4O3. The average molecular weight is 394 g/mol. The largest absolute Gasteiger partial charge is 0.488 e. The molecule has 4 rings (SSSR count). The second kappa shape index (κ2) is 7.39. The Morgan fingerprint density at radius 3 is 2.72 bits per heavy atom. The summed E-state index contributed by atoms with van der Waals surface area (Å²) in [6, 6.07) is 4.18. The molecule has 1 N–H and O–H groups in total. The highest BCUT2D eigenvalue weighted by Crippen LogP contribution is 2.33. The summed E-state index contributed by atoms with van der Waals surface area (Å²) in [6.07, 6.45) is 10.4. The number of hydrogen-bond acceptors (Lipinski definition) is 5. The molecule has 29 heavy (non-hydrogen) atoms. The number of imidazole rings is 1. The molecule has 152 valence electrons. The second-order valence-electron chi connectivity index (χ2n) is 8.51. The van der Waals surface area contributed by atoms with Crippen LogP contribution in [0.25, 0.3) is 16.6 Å². The van der Waals surface area contributed by atoms with Crippen LogP contribution in [0.2, 0.25) is 0 Å². The van der Waals surface area contributed by atoms with Crippen molar-refractivity contribution in [1.29, 1.82) is 0 Å². The van der Waals surface area contributed by atoms with Crippen LogP contribution in [-0.2, 0) is 4.74 Å². The Hall–Kier alpha value is -3.09. The number of rotatable bonds is 4. The summed E-state index contributed by atoms with van der Waals surface area (Å²) in [5.74, 6) is 0.772. The monoisotopic (exact) mass is 394 g/mol. The molecule has 1 amide bonds. The maximum Gasteiger partial charge on any atom is 0.407 e.